The van der Waals surface area contributed by atoms with E-state index in [2.05, 4.69) is 35.6 Å². The number of hydrogen-bond acceptors (Lipinski definition) is 8. The van der Waals surface area contributed by atoms with E-state index in [4.69, 9.17) is 0 Å². The number of carbonyl (C=O) groups is 1. The molecule has 0 bridgehead atoms. The average molecular weight is 381 g/mol. The molecule has 4 heterocycles. The number of H-pyrrole nitrogens is 1. The minimum absolute atomic E-state index is 0.170. The van der Waals surface area contributed by atoms with E-state index in [1.807, 2.05) is 17.0 Å². The number of aromatic nitrogens is 7. The summed E-state index contributed by atoms with van der Waals surface area (Å²) in [6.07, 6.45) is 4.58. The molecule has 4 rings (SSSR count). The van der Waals surface area contributed by atoms with Crippen LogP contribution in [0, 0.1) is 12.8 Å². The molecule has 0 spiro atoms. The SMILES string of the molecule is Cc1cc(=O)[nH]c(NC(=O)C2CCCN(c3ccc(-n4cncn4)nn3)C2)n1. The van der Waals surface area contributed by atoms with Crippen molar-refractivity contribution in [2.75, 3.05) is 23.3 Å². The highest BCUT2D eigenvalue weighted by atomic mass is 16.2. The molecule has 28 heavy (non-hydrogen) atoms. The average Bonchev–Trinajstić information content (AvgIpc) is 3.22. The first-order valence-corrected chi connectivity index (χ1v) is 8.91. The molecule has 0 aliphatic carbocycles. The summed E-state index contributed by atoms with van der Waals surface area (Å²) in [7, 11) is 0. The largest absolute Gasteiger partial charge is 0.354 e. The highest BCUT2D eigenvalue weighted by Crippen LogP contribution is 2.22. The van der Waals surface area contributed by atoms with E-state index in [1.54, 1.807) is 13.3 Å². The van der Waals surface area contributed by atoms with E-state index in [0.29, 0.717) is 23.9 Å². The third-order valence-corrected chi connectivity index (χ3v) is 4.52. The lowest BCUT2D eigenvalue weighted by Gasteiger charge is -2.32. The monoisotopic (exact) mass is 381 g/mol. The third-order valence-electron chi connectivity index (χ3n) is 4.52. The zero-order valence-electron chi connectivity index (χ0n) is 15.2. The number of nitrogens with zero attached hydrogens (tertiary/aromatic N) is 7. The van der Waals surface area contributed by atoms with Crippen LogP contribution in [0.4, 0.5) is 11.8 Å². The Balaban J connectivity index is 1.43. The maximum Gasteiger partial charge on any atom is 0.252 e. The van der Waals surface area contributed by atoms with E-state index in [0.717, 1.165) is 19.4 Å². The molecular weight excluding hydrogens is 362 g/mol. The normalized spacial score (nSPS) is 16.8. The van der Waals surface area contributed by atoms with Crippen molar-refractivity contribution in [2.24, 2.45) is 5.92 Å². The number of piperidine rings is 1. The lowest BCUT2D eigenvalue weighted by atomic mass is 9.97. The number of aryl methyl sites for hydroxylation is 1. The molecule has 11 heteroatoms. The maximum absolute atomic E-state index is 12.6. The minimum atomic E-state index is -0.296. The molecule has 0 aromatic carbocycles. The van der Waals surface area contributed by atoms with Crippen LogP contribution >= 0.6 is 0 Å². The summed E-state index contributed by atoms with van der Waals surface area (Å²) in [4.78, 5) is 36.7. The lowest BCUT2D eigenvalue weighted by molar-refractivity contribution is -0.120. The zero-order chi connectivity index (χ0) is 19.5. The molecule has 0 saturated carbocycles. The molecule has 0 radical (unpaired) electrons. The van der Waals surface area contributed by atoms with Crippen LogP contribution in [0.2, 0.25) is 0 Å². The number of anilines is 2. The Morgan fingerprint density at radius 3 is 2.82 bits per heavy atom. The first-order valence-electron chi connectivity index (χ1n) is 8.91. The number of carbonyl (C=O) groups excluding carboxylic acids is 1. The summed E-state index contributed by atoms with van der Waals surface area (Å²) in [5.41, 5.74) is 0.253. The Hall–Kier alpha value is -3.63. The van der Waals surface area contributed by atoms with E-state index in [1.165, 1.54) is 17.1 Å². The summed E-state index contributed by atoms with van der Waals surface area (Å²) in [5.74, 6) is 1.02. The first kappa shape index (κ1) is 17.8. The van der Waals surface area contributed by atoms with Gasteiger partial charge < -0.3 is 4.90 Å². The number of aromatic amines is 1. The van der Waals surface area contributed by atoms with Gasteiger partial charge in [-0.1, -0.05) is 0 Å². The molecule has 144 valence electrons. The molecule has 3 aromatic rings. The van der Waals surface area contributed by atoms with E-state index in [9.17, 15) is 9.59 Å². The van der Waals surface area contributed by atoms with Crippen LogP contribution in [0.3, 0.4) is 0 Å². The summed E-state index contributed by atoms with van der Waals surface area (Å²) < 4.78 is 1.53. The minimum Gasteiger partial charge on any atom is -0.354 e. The summed E-state index contributed by atoms with van der Waals surface area (Å²) in [5, 5.41) is 15.2. The topological polar surface area (TPSA) is 135 Å². The van der Waals surface area contributed by atoms with Gasteiger partial charge in [-0.05, 0) is 31.9 Å². The van der Waals surface area contributed by atoms with Gasteiger partial charge in [0.15, 0.2) is 11.6 Å². The zero-order valence-corrected chi connectivity index (χ0v) is 15.2. The quantitative estimate of drug-likeness (QED) is 0.659. The maximum atomic E-state index is 12.6. The number of rotatable bonds is 4. The summed E-state index contributed by atoms with van der Waals surface area (Å²) in [6.45, 7) is 3.01. The van der Waals surface area contributed by atoms with Crippen molar-refractivity contribution in [3.63, 3.8) is 0 Å². The number of amides is 1. The molecule has 1 fully saturated rings. The van der Waals surface area contributed by atoms with Crippen molar-refractivity contribution in [3.05, 3.63) is 46.9 Å². The Morgan fingerprint density at radius 1 is 1.29 bits per heavy atom. The van der Waals surface area contributed by atoms with Crippen LogP contribution in [0.25, 0.3) is 5.82 Å². The smallest absolute Gasteiger partial charge is 0.252 e. The van der Waals surface area contributed by atoms with Crippen molar-refractivity contribution in [1.82, 2.24) is 34.9 Å². The van der Waals surface area contributed by atoms with Crippen molar-refractivity contribution in [1.29, 1.82) is 0 Å². The second kappa shape index (κ2) is 7.55. The number of hydrogen-bond donors (Lipinski definition) is 2. The van der Waals surface area contributed by atoms with Gasteiger partial charge in [0, 0.05) is 24.8 Å². The van der Waals surface area contributed by atoms with Crippen LogP contribution in [0.15, 0.2) is 35.6 Å². The molecule has 1 unspecified atom stereocenters. The number of nitrogens with one attached hydrogen (secondary N) is 2. The van der Waals surface area contributed by atoms with Gasteiger partial charge in [0.05, 0.1) is 5.92 Å². The fourth-order valence-corrected chi connectivity index (χ4v) is 3.19. The second-order valence-corrected chi connectivity index (χ2v) is 6.60. The van der Waals surface area contributed by atoms with Gasteiger partial charge in [0.1, 0.15) is 12.7 Å². The Labute approximate surface area is 159 Å². The van der Waals surface area contributed by atoms with Crippen molar-refractivity contribution >= 4 is 17.7 Å². The standard InChI is InChI=1S/C17H19N9O2/c1-11-7-15(27)21-17(20-11)22-16(28)12-3-2-6-25(8-12)13-4-5-14(24-23-13)26-10-18-9-19-26/h4-5,7,9-10,12H,2-3,6,8H2,1H3,(H2,20,21,22,27,28). The molecule has 2 N–H and O–H groups in total. The van der Waals surface area contributed by atoms with E-state index < -0.39 is 0 Å². The lowest BCUT2D eigenvalue weighted by Crippen LogP contribution is -2.41. The highest BCUT2D eigenvalue weighted by Gasteiger charge is 2.27. The predicted octanol–water partition coefficient (Wildman–Crippen LogP) is 0.304. The van der Waals surface area contributed by atoms with Gasteiger partial charge in [0.25, 0.3) is 5.56 Å². The summed E-state index contributed by atoms with van der Waals surface area (Å²) >= 11 is 0. The van der Waals surface area contributed by atoms with Gasteiger partial charge in [-0.2, -0.15) is 5.10 Å². The van der Waals surface area contributed by atoms with Crippen LogP contribution in [0.5, 0.6) is 0 Å². The van der Waals surface area contributed by atoms with Crippen molar-refractivity contribution in [2.45, 2.75) is 19.8 Å². The van der Waals surface area contributed by atoms with Crippen LogP contribution < -0.4 is 15.8 Å². The van der Waals surface area contributed by atoms with Crippen molar-refractivity contribution in [3.8, 4) is 5.82 Å². The fraction of sp³-hybridized carbons (Fsp3) is 0.353. The highest BCUT2D eigenvalue weighted by molar-refractivity contribution is 5.91. The van der Waals surface area contributed by atoms with Crippen LogP contribution in [0.1, 0.15) is 18.5 Å². The van der Waals surface area contributed by atoms with Gasteiger partial charge in [-0.25, -0.2) is 14.6 Å². The first-order chi connectivity index (χ1) is 13.6. The van der Waals surface area contributed by atoms with Crippen LogP contribution in [-0.2, 0) is 4.79 Å². The Bertz CT molecular complexity index is 1010. The molecule has 1 aliphatic rings. The van der Waals surface area contributed by atoms with Gasteiger partial charge in [-0.15, -0.1) is 10.2 Å². The van der Waals surface area contributed by atoms with Crippen molar-refractivity contribution < 1.29 is 4.79 Å². The summed E-state index contributed by atoms with van der Waals surface area (Å²) in [6, 6.07) is 5.03. The van der Waals surface area contributed by atoms with Gasteiger partial charge in [0.2, 0.25) is 11.9 Å². The van der Waals surface area contributed by atoms with E-state index >= 15 is 0 Å². The van der Waals surface area contributed by atoms with Crippen LogP contribution in [-0.4, -0.2) is 53.9 Å². The third kappa shape index (κ3) is 3.87. The molecule has 1 amide bonds. The Kier molecular flexibility index (Phi) is 4.79. The molecule has 3 aromatic heterocycles. The van der Waals surface area contributed by atoms with Gasteiger partial charge in [-0.3, -0.25) is 19.9 Å². The molecular formula is C17H19N9O2. The fourth-order valence-electron chi connectivity index (χ4n) is 3.19. The molecule has 11 nitrogen and oxygen atoms in total. The van der Waals surface area contributed by atoms with Gasteiger partial charge >= 0.3 is 0 Å². The predicted molar refractivity (Wildman–Crippen MR) is 100 cm³/mol. The Morgan fingerprint density at radius 2 is 2.11 bits per heavy atom. The van der Waals surface area contributed by atoms with E-state index in [-0.39, 0.29) is 23.3 Å². The molecule has 1 aliphatic heterocycles. The second-order valence-electron chi connectivity index (χ2n) is 6.60. The molecule has 1 saturated heterocycles. The molecule has 1 atom stereocenters.